The van der Waals surface area contributed by atoms with Gasteiger partial charge in [-0.15, -0.1) is 16.4 Å². The van der Waals surface area contributed by atoms with Crippen molar-refractivity contribution in [3.8, 4) is 17.2 Å². The Bertz CT molecular complexity index is 1440. The molecule has 0 fully saturated rings. The van der Waals surface area contributed by atoms with Crippen molar-refractivity contribution >= 4 is 34.2 Å². The molecule has 0 saturated carbocycles. The van der Waals surface area contributed by atoms with Gasteiger partial charge in [0.2, 0.25) is 17.6 Å². The largest absolute Gasteiger partial charge is 0.493 e. The van der Waals surface area contributed by atoms with Gasteiger partial charge in [0.1, 0.15) is 18.1 Å². The van der Waals surface area contributed by atoms with Crippen LogP contribution in [-0.2, 0) is 22.7 Å². The van der Waals surface area contributed by atoms with Crippen LogP contribution in [0.25, 0.3) is 11.0 Å². The number of carbonyl (C=O) groups excluding carboxylic acids is 2. The van der Waals surface area contributed by atoms with E-state index in [1.165, 1.54) is 32.7 Å². The first kappa shape index (κ1) is 28.9. The van der Waals surface area contributed by atoms with E-state index in [1.54, 1.807) is 21.7 Å². The number of carbonyl (C=O) groups is 2. The fourth-order valence-corrected chi connectivity index (χ4v) is 5.07. The highest BCUT2D eigenvalue weighted by Crippen LogP contribution is 2.41. The summed E-state index contributed by atoms with van der Waals surface area (Å²) < 4.78 is 18.2. The van der Waals surface area contributed by atoms with Crippen molar-refractivity contribution in [2.75, 3.05) is 21.3 Å². The number of hydrogen-bond acceptors (Lipinski definition) is 8. The number of benzene rings is 2. The highest BCUT2D eigenvalue weighted by Gasteiger charge is 2.36. The fourth-order valence-electron chi connectivity index (χ4n) is 4.37. The number of para-hydroxylation sites is 1. The maximum atomic E-state index is 14.1. The number of fused-ring (bicyclic) bond motifs is 1. The van der Waals surface area contributed by atoms with Crippen molar-refractivity contribution in [2.24, 2.45) is 0 Å². The van der Waals surface area contributed by atoms with Crippen LogP contribution in [0.5, 0.6) is 17.2 Å². The molecule has 2 aromatic heterocycles. The van der Waals surface area contributed by atoms with Crippen LogP contribution in [0, 0.1) is 0 Å². The predicted octanol–water partition coefficient (Wildman–Crippen LogP) is 4.59. The Morgan fingerprint density at radius 2 is 1.75 bits per heavy atom. The minimum absolute atomic E-state index is 0.0999. The molecule has 11 heteroatoms. The van der Waals surface area contributed by atoms with Gasteiger partial charge in [0, 0.05) is 10.4 Å². The topological polar surface area (TPSA) is 108 Å². The average molecular weight is 566 g/mol. The van der Waals surface area contributed by atoms with Gasteiger partial charge in [-0.25, -0.2) is 4.68 Å². The molecule has 1 atom stereocenters. The molecule has 0 bridgehead atoms. The molecular formula is C29H35N5O5S. The smallest absolute Gasteiger partial charge is 0.247 e. The van der Waals surface area contributed by atoms with Crippen molar-refractivity contribution in [1.29, 1.82) is 0 Å². The minimum Gasteiger partial charge on any atom is -0.493 e. The lowest BCUT2D eigenvalue weighted by atomic mass is 9.98. The predicted molar refractivity (Wildman–Crippen MR) is 154 cm³/mol. The van der Waals surface area contributed by atoms with Crippen LogP contribution < -0.4 is 19.5 Å². The molecule has 4 aromatic rings. The van der Waals surface area contributed by atoms with Crippen LogP contribution in [0.4, 0.5) is 0 Å². The summed E-state index contributed by atoms with van der Waals surface area (Å²) in [6.45, 7) is 6.01. The molecule has 2 aromatic carbocycles. The Balaban J connectivity index is 1.84. The molecule has 0 radical (unpaired) electrons. The highest BCUT2D eigenvalue weighted by atomic mass is 32.1. The highest BCUT2D eigenvalue weighted by molar-refractivity contribution is 7.09. The van der Waals surface area contributed by atoms with Crippen LogP contribution in [0.2, 0.25) is 0 Å². The first-order valence-corrected chi connectivity index (χ1v) is 13.8. The van der Waals surface area contributed by atoms with Gasteiger partial charge in [0.25, 0.3) is 0 Å². The summed E-state index contributed by atoms with van der Waals surface area (Å²) in [5.74, 6) is 0.541. The van der Waals surface area contributed by atoms with E-state index in [0.29, 0.717) is 34.7 Å². The monoisotopic (exact) mass is 565 g/mol. The number of ether oxygens (including phenoxy) is 3. The van der Waals surface area contributed by atoms with Crippen molar-refractivity contribution < 1.29 is 23.8 Å². The number of hydrogen-bond donors (Lipinski definition) is 1. The summed E-state index contributed by atoms with van der Waals surface area (Å²) in [7, 11) is 4.55. The van der Waals surface area contributed by atoms with Gasteiger partial charge in [-0.1, -0.05) is 30.3 Å². The van der Waals surface area contributed by atoms with Gasteiger partial charge in [0.05, 0.1) is 33.4 Å². The third kappa shape index (κ3) is 6.20. The second kappa shape index (κ2) is 12.4. The quantitative estimate of drug-likeness (QED) is 0.268. The maximum absolute atomic E-state index is 14.1. The van der Waals surface area contributed by atoms with Crippen molar-refractivity contribution in [1.82, 2.24) is 25.2 Å². The van der Waals surface area contributed by atoms with E-state index in [2.05, 4.69) is 15.6 Å². The number of methoxy groups -OCH3 is 3. The van der Waals surface area contributed by atoms with Gasteiger partial charge in [0.15, 0.2) is 11.5 Å². The molecule has 10 nitrogen and oxygen atoms in total. The normalized spacial score (nSPS) is 12.2. The SMILES string of the molecule is CCC(C)(C)NC(=O)[C@@H](c1cc(OC)c(OC)c(OC)c1)N(Cc1cccs1)C(=O)Cn1nnc2ccccc21. The Morgan fingerprint density at radius 1 is 1.05 bits per heavy atom. The molecule has 2 amide bonds. The molecule has 0 unspecified atom stereocenters. The lowest BCUT2D eigenvalue weighted by Crippen LogP contribution is -2.50. The molecule has 40 heavy (non-hydrogen) atoms. The first-order valence-electron chi connectivity index (χ1n) is 12.9. The number of amides is 2. The second-order valence-electron chi connectivity index (χ2n) is 9.92. The third-order valence-electron chi connectivity index (χ3n) is 6.84. The number of thiophene rings is 1. The molecule has 0 spiro atoms. The Kier molecular flexibility index (Phi) is 8.93. The lowest BCUT2D eigenvalue weighted by molar-refractivity contribution is -0.142. The summed E-state index contributed by atoms with van der Waals surface area (Å²) in [4.78, 5) is 30.8. The maximum Gasteiger partial charge on any atom is 0.247 e. The van der Waals surface area contributed by atoms with Crippen LogP contribution in [0.15, 0.2) is 53.9 Å². The van der Waals surface area contributed by atoms with E-state index in [-0.39, 0.29) is 24.9 Å². The molecule has 0 aliphatic carbocycles. The van der Waals surface area contributed by atoms with E-state index < -0.39 is 11.6 Å². The zero-order chi connectivity index (χ0) is 28.9. The molecule has 4 rings (SSSR count). The van der Waals surface area contributed by atoms with E-state index in [4.69, 9.17) is 14.2 Å². The molecular weight excluding hydrogens is 530 g/mol. The van der Waals surface area contributed by atoms with Crippen molar-refractivity contribution in [3.05, 3.63) is 64.4 Å². The van der Waals surface area contributed by atoms with Crippen molar-refractivity contribution in [2.45, 2.75) is 51.9 Å². The minimum atomic E-state index is -1.01. The molecule has 1 N–H and O–H groups in total. The second-order valence-corrected chi connectivity index (χ2v) is 11.0. The zero-order valence-electron chi connectivity index (χ0n) is 23.6. The lowest BCUT2D eigenvalue weighted by Gasteiger charge is -2.34. The fraction of sp³-hybridized carbons (Fsp3) is 0.379. The summed E-state index contributed by atoms with van der Waals surface area (Å²) in [5.41, 5.74) is 1.43. The summed E-state index contributed by atoms with van der Waals surface area (Å²) in [5, 5.41) is 13.5. The summed E-state index contributed by atoms with van der Waals surface area (Å²) in [6.07, 6.45) is 0.699. The van der Waals surface area contributed by atoms with E-state index in [0.717, 1.165) is 10.4 Å². The van der Waals surface area contributed by atoms with Gasteiger partial charge in [-0.05, 0) is 61.5 Å². The van der Waals surface area contributed by atoms with E-state index in [1.807, 2.05) is 62.5 Å². The number of nitrogens with one attached hydrogen (secondary N) is 1. The zero-order valence-corrected chi connectivity index (χ0v) is 24.4. The van der Waals surface area contributed by atoms with Gasteiger partial charge in [-0.3, -0.25) is 9.59 Å². The molecule has 0 saturated heterocycles. The summed E-state index contributed by atoms with van der Waals surface area (Å²) in [6, 6.07) is 13.7. The van der Waals surface area contributed by atoms with Crippen LogP contribution in [0.1, 0.15) is 43.7 Å². The molecule has 0 aliphatic rings. The average Bonchev–Trinajstić information content (AvgIpc) is 3.62. The Labute approximate surface area is 237 Å². The summed E-state index contributed by atoms with van der Waals surface area (Å²) >= 11 is 1.51. The number of nitrogens with zero attached hydrogens (tertiary/aromatic N) is 4. The Morgan fingerprint density at radius 3 is 2.35 bits per heavy atom. The molecule has 2 heterocycles. The first-order chi connectivity index (χ1) is 19.2. The van der Waals surface area contributed by atoms with E-state index >= 15 is 0 Å². The third-order valence-corrected chi connectivity index (χ3v) is 7.70. The number of aromatic nitrogens is 3. The van der Waals surface area contributed by atoms with Crippen LogP contribution in [0.3, 0.4) is 0 Å². The van der Waals surface area contributed by atoms with E-state index in [9.17, 15) is 9.59 Å². The van der Waals surface area contributed by atoms with Gasteiger partial charge in [-0.2, -0.15) is 0 Å². The number of rotatable bonds is 12. The Hall–Kier alpha value is -4.12. The van der Waals surface area contributed by atoms with Crippen LogP contribution >= 0.6 is 11.3 Å². The van der Waals surface area contributed by atoms with Gasteiger partial charge < -0.3 is 24.4 Å². The van der Waals surface area contributed by atoms with Crippen molar-refractivity contribution in [3.63, 3.8) is 0 Å². The van der Waals surface area contributed by atoms with Crippen LogP contribution in [-0.4, -0.2) is 58.6 Å². The van der Waals surface area contributed by atoms with Gasteiger partial charge >= 0.3 is 0 Å². The standard InChI is InChI=1S/C29H35N5O5S/c1-7-29(2,3)30-28(36)26(19-15-23(37-4)27(39-6)24(16-19)38-5)33(17-20-11-10-14-40-20)25(35)18-34-22-13-9-8-12-21(22)31-32-34/h8-16,26H,7,17-18H2,1-6H3,(H,30,36)/t26-/m1/s1. The molecule has 212 valence electrons. The molecule has 0 aliphatic heterocycles.